The normalized spacial score (nSPS) is 12.1. The molecular weight excluding hydrogens is 411 g/mol. The average Bonchev–Trinajstić information content (AvgIpc) is 3.28. The van der Waals surface area contributed by atoms with Gasteiger partial charge in [0, 0.05) is 28.3 Å². The summed E-state index contributed by atoms with van der Waals surface area (Å²) in [6.07, 6.45) is 0. The highest BCUT2D eigenvalue weighted by atomic mass is 19.1. The molecule has 32 heavy (non-hydrogen) atoms. The predicted molar refractivity (Wildman–Crippen MR) is 119 cm³/mol. The summed E-state index contributed by atoms with van der Waals surface area (Å²) in [5.74, 6) is 1.24. The largest absolute Gasteiger partial charge is 0.493 e. The Hall–Kier alpha value is -4.13. The SMILES string of the molecule is CCOc1cc(-c2ccc(F)cc2)nc2ccc(NC(=O)c3ccc4c(c3)OCO4)cc12. The van der Waals surface area contributed by atoms with Gasteiger partial charge in [0.05, 0.1) is 17.8 Å². The maximum Gasteiger partial charge on any atom is 0.255 e. The Morgan fingerprint density at radius 1 is 1.03 bits per heavy atom. The average molecular weight is 430 g/mol. The fourth-order valence-electron chi connectivity index (χ4n) is 3.56. The summed E-state index contributed by atoms with van der Waals surface area (Å²) in [5, 5.41) is 3.67. The van der Waals surface area contributed by atoms with E-state index in [0.717, 1.165) is 10.9 Å². The molecule has 0 atom stereocenters. The van der Waals surface area contributed by atoms with E-state index in [1.807, 2.05) is 25.1 Å². The van der Waals surface area contributed by atoms with Crippen molar-refractivity contribution in [3.63, 3.8) is 0 Å². The highest BCUT2D eigenvalue weighted by Gasteiger charge is 2.17. The molecule has 0 bridgehead atoms. The lowest BCUT2D eigenvalue weighted by Gasteiger charge is -2.12. The third-order valence-corrected chi connectivity index (χ3v) is 5.10. The molecule has 1 N–H and O–H groups in total. The van der Waals surface area contributed by atoms with Crippen LogP contribution in [0.4, 0.5) is 10.1 Å². The Labute approximate surface area is 183 Å². The number of aromatic nitrogens is 1. The van der Waals surface area contributed by atoms with Crippen LogP contribution in [0.3, 0.4) is 0 Å². The molecule has 1 aromatic heterocycles. The van der Waals surface area contributed by atoms with Crippen LogP contribution in [-0.2, 0) is 0 Å². The zero-order valence-electron chi connectivity index (χ0n) is 17.2. The molecule has 1 amide bonds. The van der Waals surface area contributed by atoms with E-state index in [1.165, 1.54) is 12.1 Å². The first-order valence-electron chi connectivity index (χ1n) is 10.2. The molecular formula is C25H19FN2O4. The minimum absolute atomic E-state index is 0.151. The van der Waals surface area contributed by atoms with Gasteiger partial charge in [0.1, 0.15) is 11.6 Å². The number of nitrogens with one attached hydrogen (secondary N) is 1. The second kappa shape index (κ2) is 8.19. The number of hydrogen-bond donors (Lipinski definition) is 1. The van der Waals surface area contributed by atoms with E-state index in [2.05, 4.69) is 5.32 Å². The number of pyridine rings is 1. The van der Waals surface area contributed by atoms with Crippen LogP contribution in [0.1, 0.15) is 17.3 Å². The molecule has 1 aliphatic rings. The van der Waals surface area contributed by atoms with Crippen molar-refractivity contribution in [2.75, 3.05) is 18.7 Å². The van der Waals surface area contributed by atoms with Gasteiger partial charge in [-0.25, -0.2) is 9.37 Å². The van der Waals surface area contributed by atoms with Crippen LogP contribution in [-0.4, -0.2) is 24.3 Å². The fourth-order valence-corrected chi connectivity index (χ4v) is 3.56. The van der Waals surface area contributed by atoms with Crippen LogP contribution in [0, 0.1) is 5.82 Å². The van der Waals surface area contributed by atoms with E-state index in [0.29, 0.717) is 46.3 Å². The van der Waals surface area contributed by atoms with Gasteiger partial charge in [-0.05, 0) is 67.6 Å². The highest BCUT2D eigenvalue weighted by molar-refractivity contribution is 6.06. The quantitative estimate of drug-likeness (QED) is 0.458. The minimum Gasteiger partial charge on any atom is -0.493 e. The van der Waals surface area contributed by atoms with Gasteiger partial charge in [-0.3, -0.25) is 4.79 Å². The second-order valence-corrected chi connectivity index (χ2v) is 7.20. The van der Waals surface area contributed by atoms with E-state index in [4.69, 9.17) is 19.2 Å². The molecule has 0 spiro atoms. The summed E-state index contributed by atoms with van der Waals surface area (Å²) < 4.78 is 29.8. The molecule has 3 aromatic carbocycles. The van der Waals surface area contributed by atoms with Gasteiger partial charge in [-0.1, -0.05) is 0 Å². The number of anilines is 1. The van der Waals surface area contributed by atoms with Crippen molar-refractivity contribution >= 4 is 22.5 Å². The van der Waals surface area contributed by atoms with Crippen LogP contribution in [0.25, 0.3) is 22.2 Å². The third kappa shape index (κ3) is 3.80. The molecule has 0 saturated heterocycles. The number of carbonyl (C=O) groups excluding carboxylic acids is 1. The molecule has 0 aliphatic carbocycles. The van der Waals surface area contributed by atoms with Gasteiger partial charge in [-0.15, -0.1) is 0 Å². The van der Waals surface area contributed by atoms with Crippen LogP contribution < -0.4 is 19.5 Å². The van der Waals surface area contributed by atoms with Crippen LogP contribution in [0.2, 0.25) is 0 Å². The van der Waals surface area contributed by atoms with Crippen LogP contribution >= 0.6 is 0 Å². The molecule has 5 rings (SSSR count). The van der Waals surface area contributed by atoms with E-state index >= 15 is 0 Å². The number of amides is 1. The molecule has 6 nitrogen and oxygen atoms in total. The summed E-state index contributed by atoms with van der Waals surface area (Å²) in [5.41, 5.74) is 3.24. The molecule has 0 saturated carbocycles. The number of carbonyl (C=O) groups is 1. The number of fused-ring (bicyclic) bond motifs is 2. The molecule has 7 heteroatoms. The fraction of sp³-hybridized carbons (Fsp3) is 0.120. The van der Waals surface area contributed by atoms with Gasteiger partial charge >= 0.3 is 0 Å². The first kappa shape index (κ1) is 19.8. The summed E-state index contributed by atoms with van der Waals surface area (Å²) >= 11 is 0. The van der Waals surface area contributed by atoms with Gasteiger partial charge in [0.15, 0.2) is 11.5 Å². The van der Waals surface area contributed by atoms with Crippen molar-refractivity contribution in [1.29, 1.82) is 0 Å². The third-order valence-electron chi connectivity index (χ3n) is 5.10. The molecule has 0 radical (unpaired) electrons. The number of ether oxygens (including phenoxy) is 3. The topological polar surface area (TPSA) is 69.7 Å². The Kier molecular flexibility index (Phi) is 5.07. The number of rotatable bonds is 5. The van der Waals surface area contributed by atoms with Gasteiger partial charge < -0.3 is 19.5 Å². The standard InChI is InChI=1S/C25H19FN2O4/c1-2-30-23-13-21(15-3-6-17(26)7-4-15)28-20-9-8-18(12-19(20)23)27-25(29)16-5-10-22-24(11-16)32-14-31-22/h3-13H,2,14H2,1H3,(H,27,29). The Balaban J connectivity index is 1.47. The van der Waals surface area contributed by atoms with Gasteiger partial charge in [-0.2, -0.15) is 0 Å². The van der Waals surface area contributed by atoms with Gasteiger partial charge in [0.2, 0.25) is 6.79 Å². The lowest BCUT2D eigenvalue weighted by Crippen LogP contribution is -2.11. The molecule has 160 valence electrons. The summed E-state index contributed by atoms with van der Waals surface area (Å²) in [6, 6.07) is 18.5. The van der Waals surface area contributed by atoms with Crippen molar-refractivity contribution in [3.8, 4) is 28.5 Å². The Morgan fingerprint density at radius 2 is 1.84 bits per heavy atom. The van der Waals surface area contributed by atoms with Gasteiger partial charge in [0.25, 0.3) is 5.91 Å². The first-order chi connectivity index (χ1) is 15.6. The van der Waals surface area contributed by atoms with Crippen molar-refractivity contribution in [3.05, 3.63) is 78.1 Å². The minimum atomic E-state index is -0.303. The number of hydrogen-bond acceptors (Lipinski definition) is 5. The highest BCUT2D eigenvalue weighted by Crippen LogP contribution is 2.34. The predicted octanol–water partition coefficient (Wildman–Crippen LogP) is 5.42. The summed E-state index contributed by atoms with van der Waals surface area (Å²) in [7, 11) is 0. The zero-order chi connectivity index (χ0) is 22.1. The van der Waals surface area contributed by atoms with E-state index in [1.54, 1.807) is 36.4 Å². The smallest absolute Gasteiger partial charge is 0.255 e. The van der Waals surface area contributed by atoms with E-state index < -0.39 is 0 Å². The maximum absolute atomic E-state index is 13.3. The van der Waals surface area contributed by atoms with Crippen LogP contribution in [0.15, 0.2) is 66.7 Å². The second-order valence-electron chi connectivity index (χ2n) is 7.20. The lowest BCUT2D eigenvalue weighted by atomic mass is 10.1. The van der Waals surface area contributed by atoms with Crippen molar-refractivity contribution in [1.82, 2.24) is 4.98 Å². The summed E-state index contributed by atoms with van der Waals surface area (Å²) in [4.78, 5) is 17.4. The number of nitrogens with zero attached hydrogens (tertiary/aromatic N) is 1. The van der Waals surface area contributed by atoms with Crippen LogP contribution in [0.5, 0.6) is 17.2 Å². The maximum atomic E-state index is 13.3. The number of halogens is 1. The lowest BCUT2D eigenvalue weighted by molar-refractivity contribution is 0.102. The molecule has 2 heterocycles. The number of benzene rings is 3. The van der Waals surface area contributed by atoms with Crippen molar-refractivity contribution in [2.24, 2.45) is 0 Å². The molecule has 0 fully saturated rings. The summed E-state index contributed by atoms with van der Waals surface area (Å²) in [6.45, 7) is 2.52. The Morgan fingerprint density at radius 3 is 2.66 bits per heavy atom. The van der Waals surface area contributed by atoms with E-state index in [-0.39, 0.29) is 18.5 Å². The zero-order valence-corrected chi connectivity index (χ0v) is 17.2. The van der Waals surface area contributed by atoms with Crippen molar-refractivity contribution in [2.45, 2.75) is 6.92 Å². The van der Waals surface area contributed by atoms with Crippen molar-refractivity contribution < 1.29 is 23.4 Å². The Bertz CT molecular complexity index is 1320. The molecule has 1 aliphatic heterocycles. The molecule has 4 aromatic rings. The first-order valence-corrected chi connectivity index (χ1v) is 10.2. The van der Waals surface area contributed by atoms with E-state index in [9.17, 15) is 9.18 Å². The monoisotopic (exact) mass is 430 g/mol. The molecule has 0 unspecified atom stereocenters.